The van der Waals surface area contributed by atoms with Crippen molar-refractivity contribution in [3.8, 4) is 34.2 Å². The number of benzene rings is 2. The first-order chi connectivity index (χ1) is 17.7. The van der Waals surface area contributed by atoms with Crippen molar-refractivity contribution in [1.29, 1.82) is 5.26 Å². The van der Waals surface area contributed by atoms with Crippen molar-refractivity contribution in [1.82, 2.24) is 4.98 Å². The normalized spacial score (nSPS) is 11.1. The lowest BCUT2D eigenvalue weighted by atomic mass is 9.97. The van der Waals surface area contributed by atoms with Gasteiger partial charge in [0.2, 0.25) is 5.91 Å². The molecule has 0 spiro atoms. The van der Waals surface area contributed by atoms with E-state index in [2.05, 4.69) is 21.7 Å². The standard InChI is InChI=1S/C27H22FN5O4.ClH/c1-15(30)10-25(35)31-18-5-2-4-16(11-18)20-13-22(19-8-7-17(28)12-23(19)34)32-26(21(20)14-29)33-27(36)24-6-3-9-37-24;/h2-9,11-13,15,34H,10,30H2,1H3,(H,31,35)(H,32,33,36);1H. The Balaban J connectivity index is 0.00000400. The van der Waals surface area contributed by atoms with Crippen LogP contribution in [0, 0.1) is 17.1 Å². The van der Waals surface area contributed by atoms with Crippen molar-refractivity contribution >= 4 is 35.7 Å². The lowest BCUT2D eigenvalue weighted by Crippen LogP contribution is -2.23. The van der Waals surface area contributed by atoms with Crippen LogP contribution in [0.1, 0.15) is 29.5 Å². The maximum Gasteiger partial charge on any atom is 0.292 e. The van der Waals surface area contributed by atoms with Crippen LogP contribution in [0.2, 0.25) is 0 Å². The highest BCUT2D eigenvalue weighted by molar-refractivity contribution is 6.03. The molecular weight excluding hydrogens is 513 g/mol. The number of phenolic OH excluding ortho intramolecular Hbond substituents is 1. The van der Waals surface area contributed by atoms with E-state index in [0.29, 0.717) is 16.8 Å². The summed E-state index contributed by atoms with van der Waals surface area (Å²) in [6, 6.07) is 16.4. The molecule has 0 saturated carbocycles. The highest BCUT2D eigenvalue weighted by Gasteiger charge is 2.20. The fourth-order valence-electron chi connectivity index (χ4n) is 3.68. The van der Waals surface area contributed by atoms with Crippen molar-refractivity contribution < 1.29 is 23.5 Å². The molecule has 4 aromatic rings. The van der Waals surface area contributed by atoms with Crippen molar-refractivity contribution in [2.24, 2.45) is 5.73 Å². The quantitative estimate of drug-likeness (QED) is 0.257. The molecule has 2 heterocycles. The molecule has 0 radical (unpaired) electrons. The van der Waals surface area contributed by atoms with Crippen LogP contribution < -0.4 is 16.4 Å². The number of nitrogens with two attached hydrogens (primary N) is 1. The second-order valence-electron chi connectivity index (χ2n) is 8.29. The first-order valence-corrected chi connectivity index (χ1v) is 11.2. The SMILES string of the molecule is CC(N)CC(=O)Nc1cccc(-c2cc(-c3ccc(F)cc3O)nc(NC(=O)c3ccco3)c2C#N)c1.Cl. The van der Waals surface area contributed by atoms with E-state index < -0.39 is 11.7 Å². The molecule has 9 nitrogen and oxygen atoms in total. The Labute approximate surface area is 223 Å². The number of phenols is 1. The average Bonchev–Trinajstić information content (AvgIpc) is 3.38. The fourth-order valence-corrected chi connectivity index (χ4v) is 3.68. The number of aromatic hydroxyl groups is 1. The van der Waals surface area contributed by atoms with Crippen LogP contribution in [-0.4, -0.2) is 27.9 Å². The van der Waals surface area contributed by atoms with E-state index in [1.807, 2.05) is 0 Å². The van der Waals surface area contributed by atoms with E-state index in [4.69, 9.17) is 10.2 Å². The van der Waals surface area contributed by atoms with Crippen LogP contribution in [0.5, 0.6) is 5.75 Å². The third-order valence-electron chi connectivity index (χ3n) is 5.31. The molecule has 0 aliphatic rings. The summed E-state index contributed by atoms with van der Waals surface area (Å²) < 4.78 is 18.8. The topological polar surface area (TPSA) is 154 Å². The summed E-state index contributed by atoms with van der Waals surface area (Å²) in [6.45, 7) is 1.72. The Morgan fingerprint density at radius 1 is 1.13 bits per heavy atom. The zero-order valence-electron chi connectivity index (χ0n) is 20.1. The molecule has 0 bridgehead atoms. The van der Waals surface area contributed by atoms with Gasteiger partial charge in [-0.1, -0.05) is 12.1 Å². The van der Waals surface area contributed by atoms with Crippen molar-refractivity contribution in [2.75, 3.05) is 10.6 Å². The number of pyridine rings is 1. The molecule has 1 unspecified atom stereocenters. The summed E-state index contributed by atoms with van der Waals surface area (Å²) in [6.07, 6.45) is 1.46. The number of furan rings is 1. The molecule has 2 aromatic heterocycles. The van der Waals surface area contributed by atoms with Crippen LogP contribution in [0.25, 0.3) is 22.4 Å². The molecule has 1 atom stereocenters. The molecule has 194 valence electrons. The first kappa shape index (κ1) is 27.9. The Bertz CT molecular complexity index is 1520. The Hall–Kier alpha value is -4.72. The third-order valence-corrected chi connectivity index (χ3v) is 5.31. The van der Waals surface area contributed by atoms with Crippen LogP contribution in [-0.2, 0) is 4.79 Å². The third kappa shape index (κ3) is 6.34. The number of carbonyl (C=O) groups excluding carboxylic acids is 2. The van der Waals surface area contributed by atoms with Crippen LogP contribution in [0.3, 0.4) is 0 Å². The fraction of sp³-hybridized carbons (Fsp3) is 0.111. The van der Waals surface area contributed by atoms with Gasteiger partial charge >= 0.3 is 0 Å². The molecule has 2 aromatic carbocycles. The number of aromatic nitrogens is 1. The summed E-state index contributed by atoms with van der Waals surface area (Å²) >= 11 is 0. The molecule has 0 aliphatic carbocycles. The van der Waals surface area contributed by atoms with Gasteiger partial charge in [0.15, 0.2) is 11.6 Å². The van der Waals surface area contributed by atoms with Gasteiger partial charge in [0, 0.05) is 35.3 Å². The summed E-state index contributed by atoms with van der Waals surface area (Å²) in [5, 5.41) is 25.7. The molecule has 5 N–H and O–H groups in total. The first-order valence-electron chi connectivity index (χ1n) is 11.2. The molecule has 0 fully saturated rings. The number of carbonyl (C=O) groups is 2. The van der Waals surface area contributed by atoms with Gasteiger partial charge in [0.05, 0.1) is 12.0 Å². The van der Waals surface area contributed by atoms with Crippen LogP contribution in [0.4, 0.5) is 15.9 Å². The molecule has 0 aliphatic heterocycles. The highest BCUT2D eigenvalue weighted by atomic mass is 35.5. The van der Waals surface area contributed by atoms with E-state index in [1.165, 1.54) is 30.5 Å². The number of hydrogen-bond acceptors (Lipinski definition) is 7. The van der Waals surface area contributed by atoms with Crippen molar-refractivity contribution in [3.05, 3.63) is 84.1 Å². The summed E-state index contributed by atoms with van der Waals surface area (Å²) in [7, 11) is 0. The second kappa shape index (κ2) is 12.0. The molecule has 38 heavy (non-hydrogen) atoms. The van der Waals surface area contributed by atoms with Gasteiger partial charge in [-0.2, -0.15) is 5.26 Å². The summed E-state index contributed by atoms with van der Waals surface area (Å²) in [4.78, 5) is 29.3. The molecule has 0 saturated heterocycles. The van der Waals surface area contributed by atoms with Gasteiger partial charge in [-0.05, 0) is 55.0 Å². The van der Waals surface area contributed by atoms with Gasteiger partial charge in [0.25, 0.3) is 5.91 Å². The minimum atomic E-state index is -0.642. The van der Waals surface area contributed by atoms with E-state index in [-0.39, 0.29) is 64.9 Å². The monoisotopic (exact) mass is 535 g/mol. The van der Waals surface area contributed by atoms with Gasteiger partial charge in [-0.15, -0.1) is 12.4 Å². The zero-order valence-corrected chi connectivity index (χ0v) is 20.9. The van der Waals surface area contributed by atoms with Crippen LogP contribution >= 0.6 is 12.4 Å². The van der Waals surface area contributed by atoms with Gasteiger partial charge in [-0.25, -0.2) is 9.37 Å². The van der Waals surface area contributed by atoms with Gasteiger partial charge in [0.1, 0.15) is 23.2 Å². The number of nitrogens with zero attached hydrogens (tertiary/aromatic N) is 2. The number of rotatable bonds is 7. The lowest BCUT2D eigenvalue weighted by molar-refractivity contribution is -0.116. The molecule has 11 heteroatoms. The number of nitrogens with one attached hydrogen (secondary N) is 2. The zero-order chi connectivity index (χ0) is 26.5. The average molecular weight is 536 g/mol. The van der Waals surface area contributed by atoms with Crippen molar-refractivity contribution in [2.45, 2.75) is 19.4 Å². The minimum Gasteiger partial charge on any atom is -0.507 e. The van der Waals surface area contributed by atoms with E-state index in [1.54, 1.807) is 31.2 Å². The molecule has 2 amide bonds. The van der Waals surface area contributed by atoms with Crippen molar-refractivity contribution in [3.63, 3.8) is 0 Å². The highest BCUT2D eigenvalue weighted by Crippen LogP contribution is 2.36. The maximum absolute atomic E-state index is 13.6. The van der Waals surface area contributed by atoms with E-state index >= 15 is 0 Å². The van der Waals surface area contributed by atoms with Gasteiger partial charge in [-0.3, -0.25) is 9.59 Å². The Kier molecular flexibility index (Phi) is 8.81. The minimum absolute atomic E-state index is 0. The molecule has 4 rings (SSSR count). The second-order valence-corrected chi connectivity index (χ2v) is 8.29. The number of anilines is 2. The van der Waals surface area contributed by atoms with Crippen LogP contribution in [0.15, 0.2) is 71.3 Å². The Morgan fingerprint density at radius 3 is 2.58 bits per heavy atom. The number of hydrogen-bond donors (Lipinski definition) is 4. The van der Waals surface area contributed by atoms with E-state index in [0.717, 1.165) is 12.1 Å². The summed E-state index contributed by atoms with van der Waals surface area (Å²) in [5.74, 6) is -2.02. The number of amides is 2. The maximum atomic E-state index is 13.6. The lowest BCUT2D eigenvalue weighted by Gasteiger charge is -2.15. The number of halogens is 2. The van der Waals surface area contributed by atoms with Gasteiger partial charge < -0.3 is 25.9 Å². The molecular formula is C27H23ClFN5O4. The largest absolute Gasteiger partial charge is 0.507 e. The van der Waals surface area contributed by atoms with E-state index in [9.17, 15) is 24.3 Å². The Morgan fingerprint density at radius 2 is 1.92 bits per heavy atom. The summed E-state index contributed by atoms with van der Waals surface area (Å²) in [5.41, 5.74) is 7.44. The predicted octanol–water partition coefficient (Wildman–Crippen LogP) is 5.07. The smallest absolute Gasteiger partial charge is 0.292 e. The number of nitriles is 1. The predicted molar refractivity (Wildman–Crippen MR) is 142 cm³/mol.